The summed E-state index contributed by atoms with van der Waals surface area (Å²) in [5.41, 5.74) is 9.86. The lowest BCUT2D eigenvalue weighted by molar-refractivity contribution is 1.07. The Labute approximate surface area is 336 Å². The van der Waals surface area contributed by atoms with Gasteiger partial charge in [0.15, 0.2) is 34.9 Å². The summed E-state index contributed by atoms with van der Waals surface area (Å²) in [7, 11) is 0. The Balaban J connectivity index is 1.14. The van der Waals surface area contributed by atoms with E-state index in [2.05, 4.69) is 121 Å². The monoisotopic (exact) mass is 742 g/mol. The first-order valence-corrected chi connectivity index (χ1v) is 19.2. The normalized spacial score (nSPS) is 11.1. The Morgan fingerprint density at radius 2 is 0.448 bits per heavy atom. The molecule has 0 fully saturated rings. The first-order chi connectivity index (χ1) is 28.7. The molecule has 2 aromatic heterocycles. The van der Waals surface area contributed by atoms with Crippen molar-refractivity contribution >= 4 is 10.8 Å². The Bertz CT molecular complexity index is 2800. The van der Waals surface area contributed by atoms with Crippen molar-refractivity contribution in [2.45, 2.75) is 0 Å². The van der Waals surface area contributed by atoms with Crippen LogP contribution in [0.25, 0.3) is 101 Å². The highest BCUT2D eigenvalue weighted by molar-refractivity contribution is 6.05. The lowest BCUT2D eigenvalue weighted by Crippen LogP contribution is -2.02. The summed E-state index contributed by atoms with van der Waals surface area (Å²) >= 11 is 0. The van der Waals surface area contributed by atoms with Crippen molar-refractivity contribution in [1.82, 2.24) is 29.9 Å². The fourth-order valence-corrected chi connectivity index (χ4v) is 7.28. The minimum absolute atomic E-state index is 0.558. The van der Waals surface area contributed by atoms with Gasteiger partial charge in [-0.2, -0.15) is 0 Å². The summed E-state index contributed by atoms with van der Waals surface area (Å²) in [6.45, 7) is 0. The molecular formula is C52H34N6. The molecule has 0 unspecified atom stereocenters. The van der Waals surface area contributed by atoms with Gasteiger partial charge in [0, 0.05) is 38.8 Å². The topological polar surface area (TPSA) is 77.3 Å². The van der Waals surface area contributed by atoms with Crippen LogP contribution < -0.4 is 0 Å². The molecule has 10 rings (SSSR count). The van der Waals surface area contributed by atoms with Crippen LogP contribution >= 0.6 is 0 Å². The van der Waals surface area contributed by atoms with Crippen molar-refractivity contribution in [2.24, 2.45) is 0 Å². The summed E-state index contributed by atoms with van der Waals surface area (Å²) in [5, 5.41) is 1.96. The van der Waals surface area contributed by atoms with Crippen LogP contribution in [0.5, 0.6) is 0 Å². The second-order valence-electron chi connectivity index (χ2n) is 13.9. The first-order valence-electron chi connectivity index (χ1n) is 19.2. The van der Waals surface area contributed by atoms with E-state index in [9.17, 15) is 0 Å². The molecule has 0 aliphatic rings. The maximum Gasteiger partial charge on any atom is 0.164 e. The van der Waals surface area contributed by atoms with E-state index in [-0.39, 0.29) is 0 Å². The quantitative estimate of drug-likeness (QED) is 0.154. The van der Waals surface area contributed by atoms with Crippen molar-refractivity contribution in [3.05, 3.63) is 206 Å². The van der Waals surface area contributed by atoms with Gasteiger partial charge < -0.3 is 0 Å². The molecule has 0 saturated heterocycles. The van der Waals surface area contributed by atoms with E-state index in [0.29, 0.717) is 34.9 Å². The van der Waals surface area contributed by atoms with E-state index in [0.717, 1.165) is 66.4 Å². The van der Waals surface area contributed by atoms with Crippen LogP contribution in [0.15, 0.2) is 206 Å². The third-order valence-electron chi connectivity index (χ3n) is 10.2. The SMILES string of the molecule is c1ccc(-c2ccc(-c3nc(-c4ccccc4)nc(-c4cccc5cccc(-c6nc(-c7ccccc7)nc(-c7ccc(-c8ccccc8)cc7)n6)c45)n3)cc2)cc1. The van der Waals surface area contributed by atoms with E-state index in [4.69, 9.17) is 29.9 Å². The first kappa shape index (κ1) is 34.5. The lowest BCUT2D eigenvalue weighted by Gasteiger charge is -2.14. The van der Waals surface area contributed by atoms with Crippen LogP contribution in [0, 0.1) is 0 Å². The molecule has 2 heterocycles. The zero-order valence-corrected chi connectivity index (χ0v) is 31.3. The third kappa shape index (κ3) is 6.91. The van der Waals surface area contributed by atoms with Crippen LogP contribution in [0.4, 0.5) is 0 Å². The third-order valence-corrected chi connectivity index (χ3v) is 10.2. The number of nitrogens with zero attached hydrogens (tertiary/aromatic N) is 6. The van der Waals surface area contributed by atoms with Gasteiger partial charge in [-0.3, -0.25) is 0 Å². The molecule has 0 aliphatic carbocycles. The van der Waals surface area contributed by atoms with Gasteiger partial charge in [-0.1, -0.05) is 206 Å². The standard InChI is InChI=1S/C52H34N6/c1-5-15-35(16-6-1)37-27-31-42(32-28-37)49-53-47(40-19-9-3-10-20-40)55-51(57-49)44-25-13-23-39-24-14-26-45(46(39)44)52-56-48(41-21-11-4-12-22-41)54-50(58-52)43-33-29-38(30-34-43)36-17-7-2-8-18-36/h1-34H. The van der Waals surface area contributed by atoms with Gasteiger partial charge in [-0.25, -0.2) is 29.9 Å². The maximum atomic E-state index is 5.17. The van der Waals surface area contributed by atoms with E-state index in [1.165, 1.54) is 0 Å². The number of rotatable bonds is 8. The molecule has 10 aromatic rings. The van der Waals surface area contributed by atoms with E-state index < -0.39 is 0 Å². The molecule has 0 amide bonds. The number of fused-ring (bicyclic) bond motifs is 1. The second kappa shape index (κ2) is 15.3. The summed E-state index contributed by atoms with van der Waals surface area (Å²) in [6.07, 6.45) is 0. The highest BCUT2D eigenvalue weighted by Gasteiger charge is 2.20. The molecule has 272 valence electrons. The van der Waals surface area contributed by atoms with Crippen molar-refractivity contribution < 1.29 is 0 Å². The Hall–Kier alpha value is -7.96. The van der Waals surface area contributed by atoms with E-state index >= 15 is 0 Å². The highest BCUT2D eigenvalue weighted by atomic mass is 15.0. The van der Waals surface area contributed by atoms with Gasteiger partial charge in [0.25, 0.3) is 0 Å². The lowest BCUT2D eigenvalue weighted by atomic mass is 9.97. The van der Waals surface area contributed by atoms with Crippen LogP contribution in [-0.2, 0) is 0 Å². The van der Waals surface area contributed by atoms with E-state index in [1.54, 1.807) is 0 Å². The number of benzene rings is 8. The molecule has 0 bridgehead atoms. The summed E-state index contributed by atoms with van der Waals surface area (Å²) in [6, 6.07) is 70.0. The molecule has 0 spiro atoms. The van der Waals surface area contributed by atoms with Crippen LogP contribution in [0.2, 0.25) is 0 Å². The number of hydrogen-bond donors (Lipinski definition) is 0. The molecule has 0 radical (unpaired) electrons. The van der Waals surface area contributed by atoms with E-state index in [1.807, 2.05) is 84.9 Å². The summed E-state index contributed by atoms with van der Waals surface area (Å²) in [4.78, 5) is 30.7. The van der Waals surface area contributed by atoms with Crippen molar-refractivity contribution in [3.8, 4) is 90.6 Å². The number of aromatic nitrogens is 6. The Kier molecular flexibility index (Phi) is 9.10. The Morgan fingerprint density at radius 1 is 0.190 bits per heavy atom. The predicted octanol–water partition coefficient (Wildman–Crippen LogP) is 12.5. The van der Waals surface area contributed by atoms with Gasteiger partial charge in [-0.15, -0.1) is 0 Å². The molecule has 0 atom stereocenters. The number of hydrogen-bond acceptors (Lipinski definition) is 6. The molecule has 0 saturated carbocycles. The largest absolute Gasteiger partial charge is 0.208 e. The van der Waals surface area contributed by atoms with Crippen LogP contribution in [0.3, 0.4) is 0 Å². The molecule has 58 heavy (non-hydrogen) atoms. The summed E-state index contributed by atoms with van der Waals surface area (Å²) in [5.74, 6) is 3.48. The van der Waals surface area contributed by atoms with Gasteiger partial charge in [0.05, 0.1) is 0 Å². The van der Waals surface area contributed by atoms with Gasteiger partial charge >= 0.3 is 0 Å². The van der Waals surface area contributed by atoms with Crippen molar-refractivity contribution in [3.63, 3.8) is 0 Å². The Morgan fingerprint density at radius 3 is 0.793 bits per heavy atom. The minimum Gasteiger partial charge on any atom is -0.208 e. The fraction of sp³-hybridized carbons (Fsp3) is 0. The highest BCUT2D eigenvalue weighted by Crippen LogP contribution is 2.37. The van der Waals surface area contributed by atoms with Gasteiger partial charge in [0.2, 0.25) is 0 Å². The average molecular weight is 743 g/mol. The predicted molar refractivity (Wildman–Crippen MR) is 234 cm³/mol. The molecule has 0 N–H and O–H groups in total. The zero-order chi connectivity index (χ0) is 38.7. The molecule has 8 aromatic carbocycles. The molecule has 6 heteroatoms. The van der Waals surface area contributed by atoms with Crippen LogP contribution in [0.1, 0.15) is 0 Å². The smallest absolute Gasteiger partial charge is 0.164 e. The summed E-state index contributed by atoms with van der Waals surface area (Å²) < 4.78 is 0. The average Bonchev–Trinajstić information content (AvgIpc) is 3.32. The van der Waals surface area contributed by atoms with Crippen molar-refractivity contribution in [2.75, 3.05) is 0 Å². The molecule has 6 nitrogen and oxygen atoms in total. The van der Waals surface area contributed by atoms with Gasteiger partial charge in [0.1, 0.15) is 0 Å². The molecular weight excluding hydrogens is 709 g/mol. The fourth-order valence-electron chi connectivity index (χ4n) is 7.28. The van der Waals surface area contributed by atoms with Gasteiger partial charge in [-0.05, 0) is 27.6 Å². The minimum atomic E-state index is 0.558. The van der Waals surface area contributed by atoms with Crippen molar-refractivity contribution in [1.29, 1.82) is 0 Å². The van der Waals surface area contributed by atoms with Crippen LogP contribution in [-0.4, -0.2) is 29.9 Å². The maximum absolute atomic E-state index is 5.17. The molecule has 0 aliphatic heterocycles. The zero-order valence-electron chi connectivity index (χ0n) is 31.3. The second-order valence-corrected chi connectivity index (χ2v) is 13.9.